The zero-order valence-electron chi connectivity index (χ0n) is 12.1. The molecule has 0 atom stereocenters. The van der Waals surface area contributed by atoms with E-state index in [-0.39, 0.29) is 0 Å². The summed E-state index contributed by atoms with van der Waals surface area (Å²) in [7, 11) is 3.82. The number of hydrogen-bond donors (Lipinski definition) is 1. The van der Waals surface area contributed by atoms with Crippen LogP contribution in [0.15, 0.2) is 0 Å². The van der Waals surface area contributed by atoms with Gasteiger partial charge in [-0.05, 0) is 19.8 Å². The number of aromatic nitrogens is 3. The minimum atomic E-state index is 0.294. The number of nitrogens with zero attached hydrogens (tertiary/aromatic N) is 5. The summed E-state index contributed by atoms with van der Waals surface area (Å²) in [6.07, 6.45) is 6.37. The molecule has 0 spiro atoms. The number of anilines is 3. The van der Waals surface area contributed by atoms with Crippen molar-refractivity contribution in [1.82, 2.24) is 15.0 Å². The van der Waals surface area contributed by atoms with E-state index in [1.807, 2.05) is 19.0 Å². The summed E-state index contributed by atoms with van der Waals surface area (Å²) in [6.45, 7) is 3.05. The molecular formula is C13H24N6. The van der Waals surface area contributed by atoms with Gasteiger partial charge in [0.2, 0.25) is 17.8 Å². The molecule has 0 radical (unpaired) electrons. The molecule has 0 unspecified atom stereocenters. The molecule has 1 saturated carbocycles. The maximum absolute atomic E-state index is 5.80. The highest BCUT2D eigenvalue weighted by atomic mass is 15.3. The Bertz CT molecular complexity index is 414. The first kappa shape index (κ1) is 13.8. The van der Waals surface area contributed by atoms with Gasteiger partial charge in [-0.25, -0.2) is 0 Å². The fourth-order valence-corrected chi connectivity index (χ4v) is 2.65. The Morgan fingerprint density at radius 1 is 1.05 bits per heavy atom. The second-order valence-corrected chi connectivity index (χ2v) is 5.27. The predicted molar refractivity (Wildman–Crippen MR) is 78.5 cm³/mol. The van der Waals surface area contributed by atoms with Gasteiger partial charge >= 0.3 is 0 Å². The van der Waals surface area contributed by atoms with E-state index in [9.17, 15) is 0 Å². The maximum Gasteiger partial charge on any atom is 0.232 e. The molecule has 106 valence electrons. The molecule has 6 heteroatoms. The largest absolute Gasteiger partial charge is 0.368 e. The molecule has 1 fully saturated rings. The minimum Gasteiger partial charge on any atom is -0.368 e. The van der Waals surface area contributed by atoms with Gasteiger partial charge < -0.3 is 15.5 Å². The van der Waals surface area contributed by atoms with Gasteiger partial charge in [-0.1, -0.05) is 19.3 Å². The van der Waals surface area contributed by atoms with Crippen LogP contribution >= 0.6 is 0 Å². The van der Waals surface area contributed by atoms with Crippen molar-refractivity contribution >= 4 is 17.8 Å². The summed E-state index contributed by atoms with van der Waals surface area (Å²) in [5.41, 5.74) is 5.80. The lowest BCUT2D eigenvalue weighted by Gasteiger charge is -2.33. The van der Waals surface area contributed by atoms with E-state index in [4.69, 9.17) is 5.73 Å². The van der Waals surface area contributed by atoms with Crippen LogP contribution in [0.25, 0.3) is 0 Å². The van der Waals surface area contributed by atoms with Crippen LogP contribution < -0.4 is 15.5 Å². The van der Waals surface area contributed by atoms with Crippen LogP contribution in [0, 0.1) is 0 Å². The minimum absolute atomic E-state index is 0.294. The van der Waals surface area contributed by atoms with Crippen LogP contribution in [0.4, 0.5) is 17.8 Å². The van der Waals surface area contributed by atoms with Crippen molar-refractivity contribution in [3.05, 3.63) is 0 Å². The van der Waals surface area contributed by atoms with Crippen molar-refractivity contribution in [3.63, 3.8) is 0 Å². The zero-order valence-corrected chi connectivity index (χ0v) is 12.1. The third kappa shape index (κ3) is 3.24. The van der Waals surface area contributed by atoms with Gasteiger partial charge in [-0.3, -0.25) is 0 Å². The molecule has 0 aliphatic heterocycles. The van der Waals surface area contributed by atoms with E-state index < -0.39 is 0 Å². The Morgan fingerprint density at radius 3 is 2.26 bits per heavy atom. The molecule has 1 aromatic rings. The van der Waals surface area contributed by atoms with E-state index in [0.717, 1.165) is 6.54 Å². The average molecular weight is 264 g/mol. The quantitative estimate of drug-likeness (QED) is 0.892. The normalized spacial score (nSPS) is 16.4. The van der Waals surface area contributed by atoms with Crippen molar-refractivity contribution in [2.45, 2.75) is 45.1 Å². The molecule has 19 heavy (non-hydrogen) atoms. The monoisotopic (exact) mass is 264 g/mol. The maximum atomic E-state index is 5.80. The first-order chi connectivity index (χ1) is 9.11. The molecule has 0 aromatic carbocycles. The Labute approximate surface area is 115 Å². The Hall–Kier alpha value is -1.59. The summed E-state index contributed by atoms with van der Waals surface area (Å²) in [5.74, 6) is 1.63. The van der Waals surface area contributed by atoms with Gasteiger partial charge in [0.05, 0.1) is 0 Å². The lowest BCUT2D eigenvalue weighted by atomic mass is 9.94. The molecule has 0 amide bonds. The lowest BCUT2D eigenvalue weighted by molar-refractivity contribution is 0.414. The summed E-state index contributed by atoms with van der Waals surface area (Å²) in [5, 5.41) is 0. The lowest BCUT2D eigenvalue weighted by Crippen LogP contribution is -2.38. The third-order valence-corrected chi connectivity index (χ3v) is 3.64. The second kappa shape index (κ2) is 6.04. The first-order valence-corrected chi connectivity index (χ1v) is 7.07. The van der Waals surface area contributed by atoms with Crippen molar-refractivity contribution in [1.29, 1.82) is 0 Å². The fraction of sp³-hybridized carbons (Fsp3) is 0.769. The van der Waals surface area contributed by atoms with Crippen molar-refractivity contribution < 1.29 is 0 Å². The van der Waals surface area contributed by atoms with E-state index in [1.54, 1.807) is 0 Å². The molecule has 1 aliphatic rings. The highest BCUT2D eigenvalue weighted by molar-refractivity contribution is 5.43. The topological polar surface area (TPSA) is 71.2 Å². The van der Waals surface area contributed by atoms with Crippen LogP contribution in [-0.2, 0) is 0 Å². The molecular weight excluding hydrogens is 240 g/mol. The van der Waals surface area contributed by atoms with E-state index in [1.165, 1.54) is 32.1 Å². The van der Waals surface area contributed by atoms with Crippen LogP contribution in [0.5, 0.6) is 0 Å². The van der Waals surface area contributed by atoms with E-state index in [0.29, 0.717) is 23.9 Å². The first-order valence-electron chi connectivity index (χ1n) is 7.07. The molecule has 1 aliphatic carbocycles. The van der Waals surface area contributed by atoms with Gasteiger partial charge in [0.15, 0.2) is 0 Å². The molecule has 1 aromatic heterocycles. The fourth-order valence-electron chi connectivity index (χ4n) is 2.65. The Balaban J connectivity index is 2.26. The predicted octanol–water partition coefficient (Wildman–Crippen LogP) is 1.68. The smallest absolute Gasteiger partial charge is 0.232 e. The summed E-state index contributed by atoms with van der Waals surface area (Å²) in [4.78, 5) is 17.1. The number of nitrogen functional groups attached to an aromatic ring is 1. The van der Waals surface area contributed by atoms with Gasteiger partial charge in [0.25, 0.3) is 0 Å². The molecule has 0 saturated heterocycles. The van der Waals surface area contributed by atoms with Gasteiger partial charge in [0, 0.05) is 26.7 Å². The van der Waals surface area contributed by atoms with Crippen LogP contribution in [0.3, 0.4) is 0 Å². The summed E-state index contributed by atoms with van der Waals surface area (Å²) < 4.78 is 0. The molecule has 6 nitrogen and oxygen atoms in total. The second-order valence-electron chi connectivity index (χ2n) is 5.27. The Morgan fingerprint density at radius 2 is 1.68 bits per heavy atom. The van der Waals surface area contributed by atoms with Crippen molar-refractivity contribution in [2.24, 2.45) is 0 Å². The van der Waals surface area contributed by atoms with Crippen LogP contribution in [0.2, 0.25) is 0 Å². The zero-order chi connectivity index (χ0) is 13.8. The van der Waals surface area contributed by atoms with E-state index >= 15 is 0 Å². The highest BCUT2D eigenvalue weighted by Gasteiger charge is 2.23. The standard InChI is InChI=1S/C13H24N6/c1-4-19(10-8-6-5-7-9-10)13-16-11(14)15-12(17-13)18(2)3/h10H,4-9H2,1-3H3,(H2,14,15,16,17). The number of hydrogen-bond acceptors (Lipinski definition) is 6. The number of rotatable bonds is 4. The SMILES string of the molecule is CCN(c1nc(N)nc(N(C)C)n1)C1CCCCC1. The third-order valence-electron chi connectivity index (χ3n) is 3.64. The van der Waals surface area contributed by atoms with Crippen molar-refractivity contribution in [3.8, 4) is 0 Å². The summed E-state index contributed by atoms with van der Waals surface area (Å²) in [6, 6.07) is 0.538. The van der Waals surface area contributed by atoms with Crippen LogP contribution in [-0.4, -0.2) is 41.6 Å². The van der Waals surface area contributed by atoms with E-state index in [2.05, 4.69) is 26.8 Å². The molecule has 2 N–H and O–H groups in total. The summed E-state index contributed by atoms with van der Waals surface area (Å²) >= 11 is 0. The average Bonchev–Trinajstić information content (AvgIpc) is 2.40. The Kier molecular flexibility index (Phi) is 4.39. The highest BCUT2D eigenvalue weighted by Crippen LogP contribution is 2.26. The molecule has 2 rings (SSSR count). The molecule has 0 bridgehead atoms. The van der Waals surface area contributed by atoms with Gasteiger partial charge in [-0.2, -0.15) is 15.0 Å². The van der Waals surface area contributed by atoms with Crippen LogP contribution in [0.1, 0.15) is 39.0 Å². The number of nitrogens with two attached hydrogens (primary N) is 1. The molecule has 1 heterocycles. The van der Waals surface area contributed by atoms with Gasteiger partial charge in [-0.15, -0.1) is 0 Å². The van der Waals surface area contributed by atoms with Gasteiger partial charge in [0.1, 0.15) is 0 Å². The van der Waals surface area contributed by atoms with Crippen molar-refractivity contribution in [2.75, 3.05) is 36.2 Å².